The minimum atomic E-state index is -0.386. The quantitative estimate of drug-likeness (QED) is 0.730. The van der Waals surface area contributed by atoms with Crippen LogP contribution in [0.2, 0.25) is 0 Å². The third-order valence-electron chi connectivity index (χ3n) is 2.08. The molecule has 4 nitrogen and oxygen atoms in total. The van der Waals surface area contributed by atoms with Gasteiger partial charge in [0, 0.05) is 0 Å². The summed E-state index contributed by atoms with van der Waals surface area (Å²) < 4.78 is 4.93. The van der Waals surface area contributed by atoms with Crippen LogP contribution >= 0.6 is 0 Å². The molecule has 0 atom stereocenters. The monoisotopic (exact) mass is 218 g/mol. The molecule has 0 unspecified atom stereocenters. The topological polar surface area (TPSA) is 63.0 Å². The summed E-state index contributed by atoms with van der Waals surface area (Å²) in [5, 5.41) is 8.75. The standard InChI is InChI=1S/C12H14N2O2/c1-4-16-12(15)10-6-5-9(7-13)14-11(10)8(2)3/h5-6,8H,4H2,1-3H3. The molecular weight excluding hydrogens is 204 g/mol. The molecule has 0 fully saturated rings. The van der Waals surface area contributed by atoms with Crippen molar-refractivity contribution >= 4 is 5.97 Å². The number of aromatic nitrogens is 1. The van der Waals surface area contributed by atoms with E-state index in [4.69, 9.17) is 10.00 Å². The SMILES string of the molecule is CCOC(=O)c1ccc(C#N)nc1C(C)C. The van der Waals surface area contributed by atoms with Crippen molar-refractivity contribution in [2.75, 3.05) is 6.61 Å². The van der Waals surface area contributed by atoms with Gasteiger partial charge in [0.05, 0.1) is 17.9 Å². The number of rotatable bonds is 3. The molecule has 1 aromatic rings. The van der Waals surface area contributed by atoms with Crippen molar-refractivity contribution in [2.45, 2.75) is 26.7 Å². The summed E-state index contributed by atoms with van der Waals surface area (Å²) in [5.41, 5.74) is 1.37. The molecule has 0 radical (unpaired) electrons. The smallest absolute Gasteiger partial charge is 0.339 e. The van der Waals surface area contributed by atoms with Crippen LogP contribution in [0.4, 0.5) is 0 Å². The molecule has 0 N–H and O–H groups in total. The van der Waals surface area contributed by atoms with E-state index < -0.39 is 0 Å². The Balaban J connectivity index is 3.19. The van der Waals surface area contributed by atoms with Gasteiger partial charge in [-0.2, -0.15) is 5.26 Å². The zero-order valence-electron chi connectivity index (χ0n) is 9.65. The van der Waals surface area contributed by atoms with Gasteiger partial charge < -0.3 is 4.74 Å². The summed E-state index contributed by atoms with van der Waals surface area (Å²) in [5.74, 6) is -0.309. The van der Waals surface area contributed by atoms with Gasteiger partial charge in [-0.1, -0.05) is 13.8 Å². The van der Waals surface area contributed by atoms with Gasteiger partial charge in [-0.15, -0.1) is 0 Å². The number of nitriles is 1. The van der Waals surface area contributed by atoms with Gasteiger partial charge in [0.2, 0.25) is 0 Å². The van der Waals surface area contributed by atoms with Crippen molar-refractivity contribution in [3.63, 3.8) is 0 Å². The second kappa shape index (κ2) is 5.26. The average molecular weight is 218 g/mol. The minimum Gasteiger partial charge on any atom is -0.462 e. The van der Waals surface area contributed by atoms with E-state index in [1.165, 1.54) is 6.07 Å². The molecule has 4 heteroatoms. The molecule has 1 aromatic heterocycles. The molecule has 0 amide bonds. The Bertz CT molecular complexity index is 433. The lowest BCUT2D eigenvalue weighted by Crippen LogP contribution is -2.11. The van der Waals surface area contributed by atoms with Crippen LogP contribution < -0.4 is 0 Å². The third kappa shape index (κ3) is 2.57. The van der Waals surface area contributed by atoms with Gasteiger partial charge >= 0.3 is 5.97 Å². The van der Waals surface area contributed by atoms with E-state index >= 15 is 0 Å². The van der Waals surface area contributed by atoms with Gasteiger partial charge in [0.15, 0.2) is 0 Å². The number of hydrogen-bond acceptors (Lipinski definition) is 4. The van der Waals surface area contributed by atoms with E-state index in [1.807, 2.05) is 19.9 Å². The molecule has 0 saturated heterocycles. The van der Waals surface area contributed by atoms with E-state index in [0.717, 1.165) is 0 Å². The van der Waals surface area contributed by atoms with Gasteiger partial charge in [-0.05, 0) is 25.0 Å². The number of carbonyl (C=O) groups is 1. The Morgan fingerprint density at radius 2 is 2.25 bits per heavy atom. The summed E-state index contributed by atoms with van der Waals surface area (Å²) in [4.78, 5) is 15.8. The Labute approximate surface area is 94.9 Å². The van der Waals surface area contributed by atoms with Gasteiger partial charge in [-0.3, -0.25) is 0 Å². The first-order chi connectivity index (χ1) is 7.60. The lowest BCUT2D eigenvalue weighted by molar-refractivity contribution is 0.0524. The molecule has 16 heavy (non-hydrogen) atoms. The van der Waals surface area contributed by atoms with Crippen LogP contribution in [0.15, 0.2) is 12.1 Å². The van der Waals surface area contributed by atoms with Crippen molar-refractivity contribution in [3.05, 3.63) is 29.1 Å². The van der Waals surface area contributed by atoms with Crippen LogP contribution in [0.3, 0.4) is 0 Å². The highest BCUT2D eigenvalue weighted by Gasteiger charge is 2.16. The molecular formula is C12H14N2O2. The zero-order valence-corrected chi connectivity index (χ0v) is 9.65. The maximum atomic E-state index is 11.6. The average Bonchev–Trinajstić information content (AvgIpc) is 2.28. The molecule has 0 aliphatic carbocycles. The maximum absolute atomic E-state index is 11.6. The van der Waals surface area contributed by atoms with Crippen LogP contribution in [0.5, 0.6) is 0 Å². The van der Waals surface area contributed by atoms with Crippen LogP contribution in [-0.4, -0.2) is 17.6 Å². The Hall–Kier alpha value is -1.89. The molecule has 0 spiro atoms. The second-order valence-electron chi connectivity index (χ2n) is 3.62. The molecule has 1 rings (SSSR count). The Morgan fingerprint density at radius 1 is 1.56 bits per heavy atom. The lowest BCUT2D eigenvalue weighted by atomic mass is 10.0. The van der Waals surface area contributed by atoms with E-state index in [-0.39, 0.29) is 11.9 Å². The molecule has 0 aliphatic heterocycles. The van der Waals surface area contributed by atoms with E-state index in [9.17, 15) is 4.79 Å². The molecule has 0 bridgehead atoms. The first-order valence-corrected chi connectivity index (χ1v) is 5.18. The van der Waals surface area contributed by atoms with Crippen LogP contribution in [0.25, 0.3) is 0 Å². The predicted molar refractivity (Wildman–Crippen MR) is 59.0 cm³/mol. The molecule has 1 heterocycles. The maximum Gasteiger partial charge on any atom is 0.339 e. The summed E-state index contributed by atoms with van der Waals surface area (Å²) >= 11 is 0. The van der Waals surface area contributed by atoms with Crippen LogP contribution in [0.1, 0.15) is 48.4 Å². The van der Waals surface area contributed by atoms with Gasteiger partial charge in [0.1, 0.15) is 11.8 Å². The normalized spacial score (nSPS) is 9.94. The second-order valence-corrected chi connectivity index (χ2v) is 3.62. The van der Waals surface area contributed by atoms with Gasteiger partial charge in [0.25, 0.3) is 0 Å². The number of pyridine rings is 1. The van der Waals surface area contributed by atoms with Crippen molar-refractivity contribution in [1.29, 1.82) is 5.26 Å². The Morgan fingerprint density at radius 3 is 2.75 bits per heavy atom. The lowest BCUT2D eigenvalue weighted by Gasteiger charge is -2.10. The summed E-state index contributed by atoms with van der Waals surface area (Å²) in [6.07, 6.45) is 0. The number of carbonyl (C=O) groups excluding carboxylic acids is 1. The fourth-order valence-corrected chi connectivity index (χ4v) is 1.36. The Kier molecular flexibility index (Phi) is 4.01. The number of esters is 1. The highest BCUT2D eigenvalue weighted by molar-refractivity contribution is 5.90. The van der Waals surface area contributed by atoms with Crippen LogP contribution in [0, 0.1) is 11.3 Å². The summed E-state index contributed by atoms with van der Waals surface area (Å²) in [6.45, 7) is 5.93. The third-order valence-corrected chi connectivity index (χ3v) is 2.08. The highest BCUT2D eigenvalue weighted by Crippen LogP contribution is 2.18. The largest absolute Gasteiger partial charge is 0.462 e. The molecule has 84 valence electrons. The summed E-state index contributed by atoms with van der Waals surface area (Å²) in [7, 11) is 0. The van der Waals surface area contributed by atoms with Crippen molar-refractivity contribution in [3.8, 4) is 6.07 Å². The van der Waals surface area contributed by atoms with E-state index in [0.29, 0.717) is 23.6 Å². The molecule has 0 saturated carbocycles. The highest BCUT2D eigenvalue weighted by atomic mass is 16.5. The van der Waals surface area contributed by atoms with E-state index in [1.54, 1.807) is 13.0 Å². The number of nitrogens with zero attached hydrogens (tertiary/aromatic N) is 2. The first kappa shape index (κ1) is 12.2. The minimum absolute atomic E-state index is 0.0766. The van der Waals surface area contributed by atoms with Crippen molar-refractivity contribution < 1.29 is 9.53 Å². The number of ether oxygens (including phenoxy) is 1. The molecule has 0 aliphatic rings. The first-order valence-electron chi connectivity index (χ1n) is 5.18. The van der Waals surface area contributed by atoms with Crippen molar-refractivity contribution in [1.82, 2.24) is 4.98 Å². The zero-order chi connectivity index (χ0) is 12.1. The fraction of sp³-hybridized carbons (Fsp3) is 0.417. The summed E-state index contributed by atoms with van der Waals surface area (Å²) in [6, 6.07) is 5.08. The fourth-order valence-electron chi connectivity index (χ4n) is 1.36. The number of hydrogen-bond donors (Lipinski definition) is 0. The van der Waals surface area contributed by atoms with Crippen molar-refractivity contribution in [2.24, 2.45) is 0 Å². The van der Waals surface area contributed by atoms with Crippen LogP contribution in [-0.2, 0) is 4.74 Å². The molecule has 0 aromatic carbocycles. The van der Waals surface area contributed by atoms with Gasteiger partial charge in [-0.25, -0.2) is 9.78 Å². The predicted octanol–water partition coefficient (Wildman–Crippen LogP) is 2.25. The van der Waals surface area contributed by atoms with E-state index in [2.05, 4.69) is 4.98 Å².